The van der Waals surface area contributed by atoms with Gasteiger partial charge in [-0.1, -0.05) is 0 Å². The third-order valence-electron chi connectivity index (χ3n) is 3.44. The summed E-state index contributed by atoms with van der Waals surface area (Å²) in [5, 5.41) is 20.0. The molecule has 1 aliphatic heterocycles. The zero-order chi connectivity index (χ0) is 14.9. The molecule has 8 nitrogen and oxygen atoms in total. The van der Waals surface area contributed by atoms with Crippen LogP contribution in [-0.4, -0.2) is 46.8 Å². The predicted molar refractivity (Wildman–Crippen MR) is 69.8 cm³/mol. The maximum atomic E-state index is 11.3. The topological polar surface area (TPSA) is 106 Å². The molecule has 0 aliphatic carbocycles. The minimum absolute atomic E-state index is 0.0805. The van der Waals surface area contributed by atoms with Gasteiger partial charge in [0.1, 0.15) is 18.1 Å². The van der Waals surface area contributed by atoms with Crippen molar-refractivity contribution in [3.8, 4) is 0 Å². The van der Waals surface area contributed by atoms with E-state index in [2.05, 4.69) is 4.98 Å². The molecule has 2 atom stereocenters. The van der Waals surface area contributed by atoms with Crippen molar-refractivity contribution >= 4 is 17.5 Å². The molecule has 1 fully saturated rings. The number of pyridine rings is 1. The summed E-state index contributed by atoms with van der Waals surface area (Å²) in [6.07, 6.45) is 1.33. The monoisotopic (exact) mass is 281 g/mol. The number of nitro groups is 1. The van der Waals surface area contributed by atoms with Crippen LogP contribution in [0.1, 0.15) is 12.0 Å². The molecule has 0 aromatic carbocycles. The van der Waals surface area contributed by atoms with E-state index in [4.69, 9.17) is 4.74 Å². The molecule has 2 heterocycles. The number of aromatic nitrogens is 1. The lowest BCUT2D eigenvalue weighted by Gasteiger charge is -2.22. The summed E-state index contributed by atoms with van der Waals surface area (Å²) in [5.74, 6) is -0.539. The molecule has 0 spiro atoms. The minimum Gasteiger partial charge on any atom is -0.480 e. The first-order valence-corrected chi connectivity index (χ1v) is 6.07. The number of aliphatic carboxylic acids is 1. The summed E-state index contributed by atoms with van der Waals surface area (Å²) < 4.78 is 5.19. The molecule has 8 heteroatoms. The van der Waals surface area contributed by atoms with Gasteiger partial charge in [0.15, 0.2) is 0 Å². The van der Waals surface area contributed by atoms with Crippen LogP contribution >= 0.6 is 0 Å². The van der Waals surface area contributed by atoms with E-state index < -0.39 is 16.9 Å². The summed E-state index contributed by atoms with van der Waals surface area (Å²) in [7, 11) is 1.53. The van der Waals surface area contributed by atoms with Crippen molar-refractivity contribution in [3.05, 3.63) is 27.9 Å². The van der Waals surface area contributed by atoms with Crippen LogP contribution in [0.25, 0.3) is 0 Å². The van der Waals surface area contributed by atoms with E-state index in [0.29, 0.717) is 24.3 Å². The maximum Gasteiger partial charge on any atom is 0.326 e. The van der Waals surface area contributed by atoms with Gasteiger partial charge in [-0.3, -0.25) is 10.1 Å². The fraction of sp³-hybridized carbons (Fsp3) is 0.500. The number of carbonyl (C=O) groups is 1. The Labute approximate surface area is 115 Å². The van der Waals surface area contributed by atoms with E-state index in [1.165, 1.54) is 13.2 Å². The molecule has 1 N–H and O–H groups in total. The molecule has 108 valence electrons. The fourth-order valence-electron chi connectivity index (χ4n) is 2.34. The Morgan fingerprint density at radius 3 is 2.85 bits per heavy atom. The van der Waals surface area contributed by atoms with Crippen LogP contribution in [0, 0.1) is 17.0 Å². The summed E-state index contributed by atoms with van der Waals surface area (Å²) in [6, 6.07) is 0.805. The molecule has 0 saturated carbocycles. The van der Waals surface area contributed by atoms with Crippen LogP contribution in [0.3, 0.4) is 0 Å². The van der Waals surface area contributed by atoms with Gasteiger partial charge in [-0.25, -0.2) is 9.78 Å². The Bertz CT molecular complexity index is 548. The van der Waals surface area contributed by atoms with E-state index in [0.717, 1.165) is 6.20 Å². The SMILES string of the molecule is COC1CC(C(=O)O)N(c2cc(C)c([N+](=O)[O-])cn2)C1. The number of carboxylic acid groups (broad SMARTS) is 1. The van der Waals surface area contributed by atoms with Gasteiger partial charge >= 0.3 is 5.97 Å². The van der Waals surface area contributed by atoms with E-state index in [1.54, 1.807) is 11.8 Å². The van der Waals surface area contributed by atoms with Crippen molar-refractivity contribution in [1.29, 1.82) is 0 Å². The molecule has 2 rings (SSSR count). The third-order valence-corrected chi connectivity index (χ3v) is 3.44. The van der Waals surface area contributed by atoms with E-state index in [1.807, 2.05) is 0 Å². The molecule has 20 heavy (non-hydrogen) atoms. The average molecular weight is 281 g/mol. The number of nitrogens with zero attached hydrogens (tertiary/aromatic N) is 3. The first kappa shape index (κ1) is 14.2. The van der Waals surface area contributed by atoms with Crippen LogP contribution in [0.2, 0.25) is 0 Å². The zero-order valence-electron chi connectivity index (χ0n) is 11.1. The highest BCUT2D eigenvalue weighted by molar-refractivity contribution is 5.78. The van der Waals surface area contributed by atoms with Crippen molar-refractivity contribution in [1.82, 2.24) is 4.98 Å². The second kappa shape index (κ2) is 5.41. The van der Waals surface area contributed by atoms with Crippen molar-refractivity contribution in [2.75, 3.05) is 18.6 Å². The number of hydrogen-bond acceptors (Lipinski definition) is 6. The molecule has 0 amide bonds. The third kappa shape index (κ3) is 2.55. The Hall–Kier alpha value is -2.22. The van der Waals surface area contributed by atoms with Crippen LogP contribution in [0.4, 0.5) is 11.5 Å². The van der Waals surface area contributed by atoms with Crippen molar-refractivity contribution in [2.45, 2.75) is 25.5 Å². The number of ether oxygens (including phenoxy) is 1. The second-order valence-electron chi connectivity index (χ2n) is 4.69. The van der Waals surface area contributed by atoms with E-state index in [9.17, 15) is 20.0 Å². The number of methoxy groups -OCH3 is 1. The van der Waals surface area contributed by atoms with E-state index in [-0.39, 0.29) is 11.8 Å². The number of aryl methyl sites for hydroxylation is 1. The van der Waals surface area contributed by atoms with Gasteiger partial charge in [0.2, 0.25) is 0 Å². The quantitative estimate of drug-likeness (QED) is 0.647. The van der Waals surface area contributed by atoms with Crippen molar-refractivity contribution in [2.24, 2.45) is 0 Å². The van der Waals surface area contributed by atoms with Gasteiger partial charge < -0.3 is 14.7 Å². The van der Waals surface area contributed by atoms with Crippen LogP contribution < -0.4 is 4.90 Å². The Morgan fingerprint density at radius 2 is 2.35 bits per heavy atom. The second-order valence-corrected chi connectivity index (χ2v) is 4.69. The highest BCUT2D eigenvalue weighted by Crippen LogP contribution is 2.28. The molecule has 1 saturated heterocycles. The van der Waals surface area contributed by atoms with Gasteiger partial charge in [-0.15, -0.1) is 0 Å². The summed E-state index contributed by atoms with van der Waals surface area (Å²) in [5.41, 5.74) is 0.369. The Morgan fingerprint density at radius 1 is 1.65 bits per heavy atom. The van der Waals surface area contributed by atoms with Gasteiger partial charge in [-0.05, 0) is 13.0 Å². The summed E-state index contributed by atoms with van der Waals surface area (Å²) in [4.78, 5) is 27.1. The lowest BCUT2D eigenvalue weighted by molar-refractivity contribution is -0.385. The molecule has 0 bridgehead atoms. The van der Waals surface area contributed by atoms with Gasteiger partial charge in [-0.2, -0.15) is 0 Å². The van der Waals surface area contributed by atoms with Gasteiger partial charge in [0.25, 0.3) is 5.69 Å². The molecular formula is C12H15N3O5. The van der Waals surface area contributed by atoms with E-state index >= 15 is 0 Å². The molecule has 0 radical (unpaired) electrons. The molecular weight excluding hydrogens is 266 g/mol. The maximum absolute atomic E-state index is 11.3. The van der Waals surface area contributed by atoms with Gasteiger partial charge in [0, 0.05) is 25.6 Å². The minimum atomic E-state index is -0.956. The number of rotatable bonds is 4. The Balaban J connectivity index is 2.32. The van der Waals surface area contributed by atoms with Crippen molar-refractivity contribution < 1.29 is 19.6 Å². The predicted octanol–water partition coefficient (Wildman–Crippen LogP) is 0.977. The van der Waals surface area contributed by atoms with Gasteiger partial charge in [0.05, 0.1) is 11.0 Å². The lowest BCUT2D eigenvalue weighted by atomic mass is 10.2. The van der Waals surface area contributed by atoms with Crippen molar-refractivity contribution in [3.63, 3.8) is 0 Å². The highest BCUT2D eigenvalue weighted by Gasteiger charge is 2.38. The number of anilines is 1. The molecule has 2 unspecified atom stereocenters. The first-order valence-electron chi connectivity index (χ1n) is 6.07. The molecule has 1 aromatic heterocycles. The fourth-order valence-corrected chi connectivity index (χ4v) is 2.34. The smallest absolute Gasteiger partial charge is 0.326 e. The number of carboxylic acids is 1. The average Bonchev–Trinajstić information content (AvgIpc) is 2.82. The zero-order valence-corrected chi connectivity index (χ0v) is 11.1. The Kier molecular flexibility index (Phi) is 3.84. The first-order chi connectivity index (χ1) is 9.43. The molecule has 1 aliphatic rings. The summed E-state index contributed by atoms with van der Waals surface area (Å²) >= 11 is 0. The van der Waals surface area contributed by atoms with Crippen LogP contribution in [0.15, 0.2) is 12.3 Å². The largest absolute Gasteiger partial charge is 0.480 e. The summed E-state index contributed by atoms with van der Waals surface area (Å²) in [6.45, 7) is 2.00. The highest BCUT2D eigenvalue weighted by atomic mass is 16.6. The lowest BCUT2D eigenvalue weighted by Crippen LogP contribution is -2.36. The molecule has 1 aromatic rings. The van der Waals surface area contributed by atoms with Crippen LogP contribution in [-0.2, 0) is 9.53 Å². The standard InChI is InChI=1S/C12H15N3O5/c1-7-3-11(13-5-10(7)15(18)19)14-6-8(20-2)4-9(14)12(16)17/h3,5,8-9H,4,6H2,1-2H3,(H,16,17). The number of hydrogen-bond donors (Lipinski definition) is 1. The van der Waals surface area contributed by atoms with Crippen LogP contribution in [0.5, 0.6) is 0 Å². The normalized spacial score (nSPS) is 22.0.